The Bertz CT molecular complexity index is 1060. The van der Waals surface area contributed by atoms with Crippen molar-refractivity contribution in [1.29, 1.82) is 0 Å². The Morgan fingerprint density at radius 3 is 2.92 bits per heavy atom. The van der Waals surface area contributed by atoms with Crippen molar-refractivity contribution in [2.75, 3.05) is 18.6 Å². The number of pyridine rings is 1. The summed E-state index contributed by atoms with van der Waals surface area (Å²) in [6.45, 7) is 0.787. The highest BCUT2D eigenvalue weighted by Gasteiger charge is 2.34. The average Bonchev–Trinajstić information content (AvgIpc) is 3.34. The van der Waals surface area contributed by atoms with Gasteiger partial charge < -0.3 is 14.6 Å². The molecule has 0 aromatic carbocycles. The number of fused-ring (bicyclic) bond motifs is 2. The minimum Gasteiger partial charge on any atom is -0.494 e. The van der Waals surface area contributed by atoms with E-state index in [1.807, 2.05) is 35.0 Å². The Morgan fingerprint density at radius 1 is 1.19 bits per heavy atom. The summed E-state index contributed by atoms with van der Waals surface area (Å²) in [5.74, 6) is 1.46. The van der Waals surface area contributed by atoms with Crippen molar-refractivity contribution in [3.05, 3.63) is 66.3 Å². The maximum atomic E-state index is 5.47. The lowest BCUT2D eigenvalue weighted by Crippen LogP contribution is -2.37. The van der Waals surface area contributed by atoms with Crippen LogP contribution in [0, 0.1) is 0 Å². The summed E-state index contributed by atoms with van der Waals surface area (Å²) in [4.78, 5) is 18.8. The smallest absolute Gasteiger partial charge is 0.226 e. The van der Waals surface area contributed by atoms with Crippen LogP contribution in [0.3, 0.4) is 0 Å². The molecule has 1 aliphatic rings. The van der Waals surface area contributed by atoms with Crippen LogP contribution in [-0.2, 0) is 6.42 Å². The van der Waals surface area contributed by atoms with Crippen LogP contribution in [0.25, 0.3) is 5.52 Å². The van der Waals surface area contributed by atoms with E-state index in [1.165, 1.54) is 0 Å². The number of anilines is 1. The first-order valence-electron chi connectivity index (χ1n) is 8.43. The van der Waals surface area contributed by atoms with E-state index in [0.717, 1.165) is 41.3 Å². The minimum absolute atomic E-state index is 0.156. The number of aromatic amines is 1. The van der Waals surface area contributed by atoms with Crippen molar-refractivity contribution in [2.24, 2.45) is 0 Å². The summed E-state index contributed by atoms with van der Waals surface area (Å²) < 4.78 is 7.31. The number of hydrogen-bond donors (Lipinski definition) is 1. The van der Waals surface area contributed by atoms with Crippen LogP contribution in [0.15, 0.2) is 49.2 Å². The Labute approximate surface area is 149 Å². The van der Waals surface area contributed by atoms with Crippen molar-refractivity contribution in [3.63, 3.8) is 0 Å². The third-order valence-electron chi connectivity index (χ3n) is 4.72. The van der Waals surface area contributed by atoms with Gasteiger partial charge in [0.1, 0.15) is 17.3 Å². The molecule has 0 spiro atoms. The summed E-state index contributed by atoms with van der Waals surface area (Å²) in [5, 5.41) is 4.78. The zero-order valence-corrected chi connectivity index (χ0v) is 14.2. The van der Waals surface area contributed by atoms with Gasteiger partial charge in [-0.1, -0.05) is 0 Å². The number of hydrogen-bond acceptors (Lipinski definition) is 6. The van der Waals surface area contributed by atoms with Crippen LogP contribution >= 0.6 is 0 Å². The molecule has 0 saturated carbocycles. The Morgan fingerprint density at radius 2 is 2.08 bits per heavy atom. The van der Waals surface area contributed by atoms with Crippen LogP contribution in [-0.4, -0.2) is 43.2 Å². The Hall–Kier alpha value is -3.42. The second-order valence-corrected chi connectivity index (χ2v) is 6.14. The van der Waals surface area contributed by atoms with Gasteiger partial charge in [-0.3, -0.25) is 0 Å². The fraction of sp³-hybridized carbons (Fsp3) is 0.222. The fourth-order valence-corrected chi connectivity index (χ4v) is 3.55. The predicted octanol–water partition coefficient (Wildman–Crippen LogP) is 2.01. The third kappa shape index (κ3) is 2.22. The van der Waals surface area contributed by atoms with Crippen LogP contribution in [0.5, 0.6) is 5.75 Å². The number of rotatable bonds is 3. The van der Waals surface area contributed by atoms with Gasteiger partial charge in [0.05, 0.1) is 24.8 Å². The molecule has 1 atom stereocenters. The van der Waals surface area contributed by atoms with Crippen LogP contribution in [0.2, 0.25) is 0 Å². The molecule has 0 radical (unpaired) electrons. The van der Waals surface area contributed by atoms with Crippen LogP contribution in [0.1, 0.15) is 23.1 Å². The molecule has 0 fully saturated rings. The second kappa shape index (κ2) is 5.83. The number of H-pyrrole nitrogens is 1. The summed E-state index contributed by atoms with van der Waals surface area (Å²) in [6, 6.07) is 7.56. The van der Waals surface area contributed by atoms with Gasteiger partial charge in [0, 0.05) is 37.3 Å². The molecule has 0 saturated heterocycles. The Balaban J connectivity index is 1.69. The second-order valence-electron chi connectivity index (χ2n) is 6.14. The summed E-state index contributed by atoms with van der Waals surface area (Å²) in [5.41, 5.74) is 3.90. The van der Waals surface area contributed by atoms with Crippen molar-refractivity contribution in [1.82, 2.24) is 29.5 Å². The van der Waals surface area contributed by atoms with Gasteiger partial charge in [-0.2, -0.15) is 5.10 Å². The Kier molecular flexibility index (Phi) is 3.34. The van der Waals surface area contributed by atoms with Gasteiger partial charge in [0.25, 0.3) is 0 Å². The van der Waals surface area contributed by atoms with Gasteiger partial charge in [-0.15, -0.1) is 0 Å². The van der Waals surface area contributed by atoms with Crippen molar-refractivity contribution < 1.29 is 4.74 Å². The molecule has 5 heterocycles. The quantitative estimate of drug-likeness (QED) is 0.610. The topological polar surface area (TPSA) is 84.2 Å². The number of nitrogens with one attached hydrogen (secondary N) is 1. The van der Waals surface area contributed by atoms with Crippen molar-refractivity contribution in [3.8, 4) is 5.75 Å². The predicted molar refractivity (Wildman–Crippen MR) is 95.3 cm³/mol. The number of imidazole rings is 1. The van der Waals surface area contributed by atoms with E-state index < -0.39 is 0 Å². The lowest BCUT2D eigenvalue weighted by Gasteiger charge is -2.33. The van der Waals surface area contributed by atoms with Gasteiger partial charge in [-0.05, 0) is 24.3 Å². The number of methoxy groups -OCH3 is 1. The molecule has 26 heavy (non-hydrogen) atoms. The van der Waals surface area contributed by atoms with Crippen molar-refractivity contribution in [2.45, 2.75) is 12.5 Å². The molecule has 5 rings (SSSR count). The van der Waals surface area contributed by atoms with E-state index in [1.54, 1.807) is 25.8 Å². The molecule has 0 aliphatic carbocycles. The monoisotopic (exact) mass is 347 g/mol. The highest BCUT2D eigenvalue weighted by molar-refractivity contribution is 5.61. The lowest BCUT2D eigenvalue weighted by atomic mass is 10.00. The fourth-order valence-electron chi connectivity index (χ4n) is 3.55. The molecule has 1 aliphatic heterocycles. The zero-order chi connectivity index (χ0) is 17.5. The molecular formula is C18H17N7O. The van der Waals surface area contributed by atoms with E-state index in [0.29, 0.717) is 5.95 Å². The maximum Gasteiger partial charge on any atom is 0.226 e. The van der Waals surface area contributed by atoms with Crippen LogP contribution < -0.4 is 9.64 Å². The molecule has 4 aromatic heterocycles. The SMILES string of the molecule is COc1cccn2nc(C3c4nc[nH]c4CCN3c3ncccn3)cc12. The average molecular weight is 347 g/mol. The van der Waals surface area contributed by atoms with E-state index in [2.05, 4.69) is 24.8 Å². The van der Waals surface area contributed by atoms with Gasteiger partial charge in [0.2, 0.25) is 5.95 Å². The molecule has 8 nitrogen and oxygen atoms in total. The third-order valence-corrected chi connectivity index (χ3v) is 4.72. The minimum atomic E-state index is -0.156. The van der Waals surface area contributed by atoms with Gasteiger partial charge >= 0.3 is 0 Å². The van der Waals surface area contributed by atoms with E-state index in [-0.39, 0.29) is 6.04 Å². The first-order chi connectivity index (χ1) is 12.8. The van der Waals surface area contributed by atoms with Gasteiger partial charge in [0.15, 0.2) is 0 Å². The normalized spacial score (nSPS) is 16.7. The summed E-state index contributed by atoms with van der Waals surface area (Å²) in [7, 11) is 1.67. The molecule has 1 N–H and O–H groups in total. The summed E-state index contributed by atoms with van der Waals surface area (Å²) in [6.07, 6.45) is 8.03. The van der Waals surface area contributed by atoms with Crippen molar-refractivity contribution >= 4 is 11.5 Å². The van der Waals surface area contributed by atoms with Gasteiger partial charge in [-0.25, -0.2) is 19.5 Å². The molecule has 1 unspecified atom stereocenters. The first-order valence-corrected chi connectivity index (χ1v) is 8.43. The van der Waals surface area contributed by atoms with E-state index in [9.17, 15) is 0 Å². The van der Waals surface area contributed by atoms with E-state index in [4.69, 9.17) is 9.84 Å². The zero-order valence-electron chi connectivity index (χ0n) is 14.2. The largest absolute Gasteiger partial charge is 0.494 e. The van der Waals surface area contributed by atoms with E-state index >= 15 is 0 Å². The molecule has 0 bridgehead atoms. The number of ether oxygens (including phenoxy) is 1. The standard InChI is InChI=1S/C18H17N7O/c1-26-15-4-2-8-25-14(15)10-13(23-25)17-16-12(21-11-22-16)5-9-24(17)18-19-6-3-7-20-18/h2-4,6-8,10-11,17H,5,9H2,1H3,(H,21,22). The summed E-state index contributed by atoms with van der Waals surface area (Å²) >= 11 is 0. The number of nitrogens with zero attached hydrogens (tertiary/aromatic N) is 6. The van der Waals surface area contributed by atoms with Crippen LogP contribution in [0.4, 0.5) is 5.95 Å². The molecule has 4 aromatic rings. The highest BCUT2D eigenvalue weighted by atomic mass is 16.5. The molecule has 8 heteroatoms. The lowest BCUT2D eigenvalue weighted by molar-refractivity contribution is 0.417. The highest BCUT2D eigenvalue weighted by Crippen LogP contribution is 2.35. The molecular weight excluding hydrogens is 330 g/mol. The molecule has 0 amide bonds. The molecule has 130 valence electrons. The first kappa shape index (κ1) is 14.9. The maximum absolute atomic E-state index is 5.47. The number of aromatic nitrogens is 6.